The molecule has 0 saturated carbocycles. The fourth-order valence-electron chi connectivity index (χ4n) is 4.91. The van der Waals surface area contributed by atoms with E-state index in [2.05, 4.69) is 0 Å². The molecule has 0 aliphatic rings. The predicted octanol–water partition coefficient (Wildman–Crippen LogP) is 4.93. The van der Waals surface area contributed by atoms with Crippen LogP contribution in [0.5, 0.6) is 0 Å². The molecule has 0 unspecified atom stereocenters. The van der Waals surface area contributed by atoms with Crippen molar-refractivity contribution in [1.29, 1.82) is 0 Å². The smallest absolute Gasteiger partial charge is 0.285 e. The third-order valence-electron chi connectivity index (χ3n) is 6.88. The van der Waals surface area contributed by atoms with E-state index in [0.29, 0.717) is 24.3 Å². The van der Waals surface area contributed by atoms with Crippen LogP contribution in [0.1, 0.15) is 41.4 Å². The van der Waals surface area contributed by atoms with Gasteiger partial charge in [0.15, 0.2) is 0 Å². The van der Waals surface area contributed by atoms with Gasteiger partial charge >= 0.3 is 34.1 Å². The van der Waals surface area contributed by atoms with E-state index in [0.717, 1.165) is 18.2 Å². The number of Topliss-reactive ketones (excluding diaryl/α,β-unsaturated/α-hetero) is 4. The van der Waals surface area contributed by atoms with E-state index >= 15 is 0 Å². The molecule has 0 bridgehead atoms. The highest BCUT2D eigenvalue weighted by molar-refractivity contribution is 6.53. The Kier molecular flexibility index (Phi) is 9.31. The summed E-state index contributed by atoms with van der Waals surface area (Å²) in [5.41, 5.74) is -18.8. The zero-order chi connectivity index (χ0) is 37.2. The Morgan fingerprint density at radius 3 is 1.38 bits per heavy atom. The van der Waals surface area contributed by atoms with Crippen molar-refractivity contribution in [3.05, 3.63) is 156 Å². The minimum absolute atomic E-state index is 0.257. The third kappa shape index (κ3) is 5.95. The second-order valence-corrected chi connectivity index (χ2v) is 9.59. The van der Waals surface area contributed by atoms with Crippen LogP contribution >= 0.6 is 0 Å². The van der Waals surface area contributed by atoms with Crippen LogP contribution in [0.2, 0.25) is 0 Å². The molecular formula is C28H12N6O16. The fourth-order valence-corrected chi connectivity index (χ4v) is 4.91. The van der Waals surface area contributed by atoms with Crippen molar-refractivity contribution >= 4 is 57.3 Å². The van der Waals surface area contributed by atoms with Gasteiger partial charge in [-0.1, -0.05) is 60.7 Å². The van der Waals surface area contributed by atoms with E-state index in [1.54, 1.807) is 0 Å². The molecule has 0 N–H and O–H groups in total. The van der Waals surface area contributed by atoms with Gasteiger partial charge in [-0.3, -0.25) is 79.9 Å². The van der Waals surface area contributed by atoms with E-state index in [-0.39, 0.29) is 5.56 Å². The van der Waals surface area contributed by atoms with Crippen LogP contribution in [-0.4, -0.2) is 52.7 Å². The van der Waals surface area contributed by atoms with Crippen LogP contribution in [-0.2, 0) is 0 Å². The maximum atomic E-state index is 14.0. The highest BCUT2D eigenvalue weighted by Gasteiger charge is 2.53. The van der Waals surface area contributed by atoms with Crippen molar-refractivity contribution in [2.24, 2.45) is 0 Å². The fraction of sp³-hybridized carbons (Fsp3) is 0. The molecule has 0 spiro atoms. The maximum Gasteiger partial charge on any atom is 0.430 e. The first-order chi connectivity index (χ1) is 23.5. The average molecular weight is 688 g/mol. The number of hydrogen-bond acceptors (Lipinski definition) is 16. The monoisotopic (exact) mass is 688 g/mol. The first-order valence-corrected chi connectivity index (χ1v) is 13.1. The number of benzene rings is 4. The van der Waals surface area contributed by atoms with Crippen molar-refractivity contribution < 1.29 is 48.7 Å². The van der Waals surface area contributed by atoms with Gasteiger partial charge in [0.25, 0.3) is 0 Å². The number of ketones is 4. The van der Waals surface area contributed by atoms with Gasteiger partial charge in [-0.25, -0.2) is 0 Å². The van der Waals surface area contributed by atoms with Crippen LogP contribution in [0.4, 0.5) is 34.1 Å². The van der Waals surface area contributed by atoms with Gasteiger partial charge in [0.05, 0.1) is 35.1 Å². The second kappa shape index (κ2) is 13.4. The SMILES string of the molecule is O=C(C(=O)c1ccccc1-c1c(C(=O)C(=O)c2cccc([N+](=O)[O-])c2[N+](=O)[O-])c([N+](=O)[O-])c([N+](=O)[O-])c([N+](=O)[O-])c1[N+](=O)[O-])c1ccccc1. The molecule has 0 fully saturated rings. The summed E-state index contributed by atoms with van der Waals surface area (Å²) in [5.74, 6) is -7.41. The highest BCUT2D eigenvalue weighted by atomic mass is 16.7. The molecule has 4 aromatic rings. The van der Waals surface area contributed by atoms with Crippen LogP contribution in [0.3, 0.4) is 0 Å². The Hall–Kier alpha value is -8.04. The van der Waals surface area contributed by atoms with Gasteiger partial charge in [-0.05, 0) is 6.07 Å². The normalized spacial score (nSPS) is 10.5. The molecule has 0 aliphatic heterocycles. The number of nitrogens with zero attached hydrogens (tertiary/aromatic N) is 6. The zero-order valence-electron chi connectivity index (χ0n) is 24.1. The van der Waals surface area contributed by atoms with E-state index < -0.39 is 115 Å². The molecule has 0 aliphatic carbocycles. The number of carbonyl (C=O) groups excluding carboxylic acids is 4. The summed E-state index contributed by atoms with van der Waals surface area (Å²) < 4.78 is 0. The number of carbonyl (C=O) groups is 4. The quantitative estimate of drug-likeness (QED) is 0.0777. The highest BCUT2D eigenvalue weighted by Crippen LogP contribution is 2.53. The third-order valence-corrected chi connectivity index (χ3v) is 6.88. The van der Waals surface area contributed by atoms with Gasteiger partial charge in [0.1, 0.15) is 11.1 Å². The predicted molar refractivity (Wildman–Crippen MR) is 162 cm³/mol. The number of hydrogen-bond donors (Lipinski definition) is 0. The summed E-state index contributed by atoms with van der Waals surface area (Å²) >= 11 is 0. The van der Waals surface area contributed by atoms with Crippen LogP contribution in [0.25, 0.3) is 11.1 Å². The lowest BCUT2D eigenvalue weighted by Gasteiger charge is -2.14. The van der Waals surface area contributed by atoms with Crippen LogP contribution < -0.4 is 0 Å². The van der Waals surface area contributed by atoms with E-state index in [4.69, 9.17) is 0 Å². The largest absolute Gasteiger partial charge is 0.430 e. The minimum atomic E-state index is -2.38. The summed E-state index contributed by atoms with van der Waals surface area (Å²) in [4.78, 5) is 117. The maximum absolute atomic E-state index is 14.0. The molecule has 0 saturated heterocycles. The molecule has 250 valence electrons. The summed E-state index contributed by atoms with van der Waals surface area (Å²) in [6, 6.07) is 11.8. The first kappa shape index (κ1) is 34.8. The summed E-state index contributed by atoms with van der Waals surface area (Å²) in [6.45, 7) is 0. The number of nitro groups is 6. The Morgan fingerprint density at radius 2 is 0.860 bits per heavy atom. The minimum Gasteiger partial charge on any atom is -0.285 e. The molecular weight excluding hydrogens is 676 g/mol. The van der Waals surface area contributed by atoms with Gasteiger partial charge in [-0.2, -0.15) is 0 Å². The first-order valence-electron chi connectivity index (χ1n) is 13.1. The Labute approximate surface area is 273 Å². The molecule has 50 heavy (non-hydrogen) atoms. The molecule has 22 nitrogen and oxygen atoms in total. The van der Waals surface area contributed by atoms with Crippen molar-refractivity contribution in [3.63, 3.8) is 0 Å². The lowest BCUT2D eigenvalue weighted by Crippen LogP contribution is -2.22. The van der Waals surface area contributed by atoms with Crippen LogP contribution in [0.15, 0.2) is 72.8 Å². The topological polar surface area (TPSA) is 327 Å². The Morgan fingerprint density at radius 1 is 0.400 bits per heavy atom. The Balaban J connectivity index is 2.26. The van der Waals surface area contributed by atoms with Gasteiger partial charge in [0, 0.05) is 22.8 Å². The van der Waals surface area contributed by atoms with E-state index in [9.17, 15) is 79.9 Å². The van der Waals surface area contributed by atoms with Crippen molar-refractivity contribution in [2.45, 2.75) is 0 Å². The van der Waals surface area contributed by atoms with Gasteiger partial charge in [0.2, 0.25) is 23.1 Å². The molecule has 0 aromatic heterocycles. The molecule has 0 atom stereocenters. The summed E-state index contributed by atoms with van der Waals surface area (Å²) in [6.07, 6.45) is 0. The average Bonchev–Trinajstić information content (AvgIpc) is 3.08. The van der Waals surface area contributed by atoms with E-state index in [1.165, 1.54) is 30.3 Å². The lowest BCUT2D eigenvalue weighted by molar-refractivity contribution is -0.451. The van der Waals surface area contributed by atoms with Gasteiger partial charge < -0.3 is 0 Å². The summed E-state index contributed by atoms with van der Waals surface area (Å²) in [7, 11) is 0. The molecule has 4 aromatic carbocycles. The number of rotatable bonds is 13. The lowest BCUT2D eigenvalue weighted by atomic mass is 9.85. The number of nitro benzene ring substituents is 6. The van der Waals surface area contributed by atoms with Crippen LogP contribution in [0, 0.1) is 60.7 Å². The van der Waals surface area contributed by atoms with Gasteiger partial charge in [-0.15, -0.1) is 0 Å². The van der Waals surface area contributed by atoms with E-state index in [1.807, 2.05) is 0 Å². The Bertz CT molecular complexity index is 2270. The molecule has 0 amide bonds. The zero-order valence-corrected chi connectivity index (χ0v) is 24.1. The second-order valence-electron chi connectivity index (χ2n) is 9.59. The van der Waals surface area contributed by atoms with Crippen molar-refractivity contribution in [2.75, 3.05) is 0 Å². The van der Waals surface area contributed by atoms with Crippen molar-refractivity contribution in [3.8, 4) is 11.1 Å². The summed E-state index contributed by atoms with van der Waals surface area (Å²) in [5, 5.41) is 72.4. The molecule has 0 heterocycles. The van der Waals surface area contributed by atoms with Crippen molar-refractivity contribution in [1.82, 2.24) is 0 Å². The molecule has 22 heteroatoms. The molecule has 0 radical (unpaired) electrons. The standard InChI is InChI=1S/C28H12N6O16/c35-25(13-7-2-1-3-8-13)26(36)15-10-5-4-9-14(15)18-19(22(32(45)46)24(34(49)50)23(33(47)48)21(18)31(43)44)28(38)27(37)16-11-6-12-17(29(39)40)20(16)30(41)42/h1-12H. The number of para-hydroxylation sites is 1. The molecule has 4 rings (SSSR count).